The van der Waals surface area contributed by atoms with Gasteiger partial charge in [-0.05, 0) is 47.0 Å². The first-order valence-corrected chi connectivity index (χ1v) is 7.07. The van der Waals surface area contributed by atoms with E-state index >= 15 is 0 Å². The van der Waals surface area contributed by atoms with Gasteiger partial charge in [-0.3, -0.25) is 4.79 Å². The molecule has 0 aliphatic heterocycles. The highest BCUT2D eigenvalue weighted by molar-refractivity contribution is 9.10. The Morgan fingerprint density at radius 3 is 2.61 bits per heavy atom. The molecule has 1 aliphatic rings. The number of amides is 1. The van der Waals surface area contributed by atoms with Crippen LogP contribution in [-0.2, 0) is 4.79 Å². The van der Waals surface area contributed by atoms with Crippen LogP contribution < -0.4 is 5.32 Å². The first-order chi connectivity index (χ1) is 8.51. The number of carbonyl (C=O) groups excluding carboxylic acids is 1. The first kappa shape index (κ1) is 13.5. The number of halogens is 2. The van der Waals surface area contributed by atoms with E-state index in [2.05, 4.69) is 21.2 Å². The van der Waals surface area contributed by atoms with Crippen LogP contribution in [0.2, 0.25) is 0 Å². The van der Waals surface area contributed by atoms with Crippen molar-refractivity contribution in [2.75, 3.05) is 5.32 Å². The van der Waals surface area contributed by atoms with Crippen LogP contribution in [-0.4, -0.2) is 5.91 Å². The summed E-state index contributed by atoms with van der Waals surface area (Å²) in [5.41, 5.74) is 0.217. The molecule has 1 N–H and O–H groups in total. The number of hydrogen-bond donors (Lipinski definition) is 1. The Bertz CT molecular complexity index is 455. The molecule has 2 nitrogen and oxygen atoms in total. The van der Waals surface area contributed by atoms with Gasteiger partial charge in [0.1, 0.15) is 5.82 Å². The molecule has 18 heavy (non-hydrogen) atoms. The molecule has 1 saturated carbocycles. The molecule has 4 heteroatoms. The Hall–Kier alpha value is -0.900. The molecule has 1 fully saturated rings. The summed E-state index contributed by atoms with van der Waals surface area (Å²) >= 11 is 3.10. The average Bonchev–Trinajstić information content (AvgIpc) is 2.35. The van der Waals surface area contributed by atoms with Gasteiger partial charge < -0.3 is 5.32 Å². The Morgan fingerprint density at radius 2 is 2.00 bits per heavy atom. The van der Waals surface area contributed by atoms with Crippen molar-refractivity contribution in [3.8, 4) is 0 Å². The fraction of sp³-hybridized carbons (Fsp3) is 0.500. The molecular formula is C14H17BrFNO. The number of benzene rings is 1. The molecule has 0 aromatic heterocycles. The zero-order valence-corrected chi connectivity index (χ0v) is 12.0. The first-order valence-electron chi connectivity index (χ1n) is 6.28. The SMILES string of the molecule is CC1(C(=O)Nc2ccc(Br)c(F)c2)CCCCC1. The quantitative estimate of drug-likeness (QED) is 0.856. The second kappa shape index (κ2) is 5.39. The fourth-order valence-electron chi connectivity index (χ4n) is 2.42. The fourth-order valence-corrected chi connectivity index (χ4v) is 2.66. The van der Waals surface area contributed by atoms with Crippen LogP contribution in [0.3, 0.4) is 0 Å². The summed E-state index contributed by atoms with van der Waals surface area (Å²) < 4.78 is 13.8. The molecule has 0 unspecified atom stereocenters. The van der Waals surface area contributed by atoms with Gasteiger partial charge in [0.05, 0.1) is 4.47 Å². The van der Waals surface area contributed by atoms with E-state index in [1.54, 1.807) is 12.1 Å². The van der Waals surface area contributed by atoms with Gasteiger partial charge >= 0.3 is 0 Å². The normalized spacial score (nSPS) is 18.4. The van der Waals surface area contributed by atoms with E-state index in [0.29, 0.717) is 10.2 Å². The van der Waals surface area contributed by atoms with Crippen molar-refractivity contribution in [3.05, 3.63) is 28.5 Å². The summed E-state index contributed by atoms with van der Waals surface area (Å²) in [5.74, 6) is -0.356. The van der Waals surface area contributed by atoms with Crippen LogP contribution in [0.4, 0.5) is 10.1 Å². The smallest absolute Gasteiger partial charge is 0.230 e. The maximum Gasteiger partial charge on any atom is 0.230 e. The van der Waals surface area contributed by atoms with E-state index in [-0.39, 0.29) is 17.1 Å². The van der Waals surface area contributed by atoms with Crippen molar-refractivity contribution in [2.24, 2.45) is 5.41 Å². The molecule has 1 aromatic rings. The third-order valence-corrected chi connectivity index (χ3v) is 4.33. The summed E-state index contributed by atoms with van der Waals surface area (Å²) in [6.45, 7) is 2.00. The number of hydrogen-bond acceptors (Lipinski definition) is 1. The van der Waals surface area contributed by atoms with Crippen LogP contribution in [0, 0.1) is 11.2 Å². The summed E-state index contributed by atoms with van der Waals surface area (Å²) in [4.78, 5) is 12.2. The molecule has 1 amide bonds. The number of nitrogens with one attached hydrogen (secondary N) is 1. The monoisotopic (exact) mass is 313 g/mol. The van der Waals surface area contributed by atoms with Crippen molar-refractivity contribution in [3.63, 3.8) is 0 Å². The number of rotatable bonds is 2. The zero-order chi connectivity index (χ0) is 13.2. The third-order valence-electron chi connectivity index (χ3n) is 3.68. The average molecular weight is 314 g/mol. The van der Waals surface area contributed by atoms with Crippen molar-refractivity contribution < 1.29 is 9.18 Å². The van der Waals surface area contributed by atoms with E-state index in [4.69, 9.17) is 0 Å². The maximum absolute atomic E-state index is 13.4. The second-order valence-corrected chi connectivity index (χ2v) is 6.06. The van der Waals surface area contributed by atoms with Gasteiger partial charge in [-0.1, -0.05) is 26.2 Å². The Balaban J connectivity index is 2.08. The van der Waals surface area contributed by atoms with Crippen molar-refractivity contribution >= 4 is 27.5 Å². The van der Waals surface area contributed by atoms with Gasteiger partial charge in [0.15, 0.2) is 0 Å². The molecule has 0 saturated heterocycles. The van der Waals surface area contributed by atoms with Gasteiger partial charge in [0.25, 0.3) is 0 Å². The van der Waals surface area contributed by atoms with E-state index in [0.717, 1.165) is 25.7 Å². The molecule has 98 valence electrons. The summed E-state index contributed by atoms with van der Waals surface area (Å²) in [7, 11) is 0. The van der Waals surface area contributed by atoms with E-state index in [9.17, 15) is 9.18 Å². The van der Waals surface area contributed by atoms with Crippen LogP contribution in [0.5, 0.6) is 0 Å². The highest BCUT2D eigenvalue weighted by atomic mass is 79.9. The maximum atomic E-state index is 13.4. The molecule has 0 atom stereocenters. The van der Waals surface area contributed by atoms with Gasteiger partial charge in [-0.25, -0.2) is 4.39 Å². The molecule has 1 aromatic carbocycles. The third kappa shape index (κ3) is 2.91. The van der Waals surface area contributed by atoms with Crippen LogP contribution in [0.25, 0.3) is 0 Å². The lowest BCUT2D eigenvalue weighted by molar-refractivity contribution is -0.126. The standard InChI is InChI=1S/C14H17BrFNO/c1-14(7-3-2-4-8-14)13(18)17-10-5-6-11(15)12(16)9-10/h5-6,9H,2-4,7-8H2,1H3,(H,17,18). The van der Waals surface area contributed by atoms with Crippen LogP contribution in [0.15, 0.2) is 22.7 Å². The Morgan fingerprint density at radius 1 is 1.33 bits per heavy atom. The minimum atomic E-state index is -0.360. The Kier molecular flexibility index (Phi) is 4.05. The van der Waals surface area contributed by atoms with Gasteiger partial charge in [-0.15, -0.1) is 0 Å². The predicted octanol–water partition coefficient (Wildman–Crippen LogP) is 4.50. The topological polar surface area (TPSA) is 29.1 Å². The van der Waals surface area contributed by atoms with Gasteiger partial charge in [-0.2, -0.15) is 0 Å². The van der Waals surface area contributed by atoms with Gasteiger partial charge in [0, 0.05) is 11.1 Å². The molecule has 0 spiro atoms. The molecule has 0 heterocycles. The summed E-state index contributed by atoms with van der Waals surface area (Å²) in [5, 5.41) is 2.82. The number of carbonyl (C=O) groups is 1. The highest BCUT2D eigenvalue weighted by Crippen LogP contribution is 2.36. The van der Waals surface area contributed by atoms with Crippen molar-refractivity contribution in [1.29, 1.82) is 0 Å². The lowest BCUT2D eigenvalue weighted by atomic mass is 9.75. The lowest BCUT2D eigenvalue weighted by Gasteiger charge is -2.32. The van der Waals surface area contributed by atoms with E-state index in [1.807, 2.05) is 6.92 Å². The minimum absolute atomic E-state index is 0.00363. The number of anilines is 1. The molecule has 1 aliphatic carbocycles. The Labute approximate surface area is 115 Å². The van der Waals surface area contributed by atoms with Crippen molar-refractivity contribution in [2.45, 2.75) is 39.0 Å². The lowest BCUT2D eigenvalue weighted by Crippen LogP contribution is -2.35. The van der Waals surface area contributed by atoms with Crippen molar-refractivity contribution in [1.82, 2.24) is 0 Å². The van der Waals surface area contributed by atoms with E-state index < -0.39 is 0 Å². The molecule has 0 bridgehead atoms. The minimum Gasteiger partial charge on any atom is -0.326 e. The van der Waals surface area contributed by atoms with Crippen LogP contribution >= 0.6 is 15.9 Å². The van der Waals surface area contributed by atoms with E-state index in [1.165, 1.54) is 12.5 Å². The largest absolute Gasteiger partial charge is 0.326 e. The summed E-state index contributed by atoms with van der Waals surface area (Å²) in [6, 6.07) is 4.65. The second-order valence-electron chi connectivity index (χ2n) is 5.20. The highest BCUT2D eigenvalue weighted by Gasteiger charge is 2.34. The van der Waals surface area contributed by atoms with Crippen LogP contribution in [0.1, 0.15) is 39.0 Å². The summed E-state index contributed by atoms with van der Waals surface area (Å²) in [6.07, 6.45) is 5.22. The molecule has 0 radical (unpaired) electrons. The molecule has 2 rings (SSSR count). The zero-order valence-electron chi connectivity index (χ0n) is 10.4. The van der Waals surface area contributed by atoms with Gasteiger partial charge in [0.2, 0.25) is 5.91 Å². The molecular weight excluding hydrogens is 297 g/mol. The predicted molar refractivity (Wildman–Crippen MR) is 73.9 cm³/mol.